The minimum absolute atomic E-state index is 0.180. The molecule has 2 atom stereocenters. The van der Waals surface area contributed by atoms with E-state index in [9.17, 15) is 14.7 Å². The molecule has 1 aromatic rings. The topological polar surface area (TPSA) is 88.5 Å². The molecule has 0 spiro atoms. The van der Waals surface area contributed by atoms with Gasteiger partial charge in [-0.05, 0) is 30.7 Å². The summed E-state index contributed by atoms with van der Waals surface area (Å²) >= 11 is 6.08. The van der Waals surface area contributed by atoms with Gasteiger partial charge >= 0.3 is 5.97 Å². The van der Waals surface area contributed by atoms with Crippen LogP contribution < -0.4 is 10.1 Å². The van der Waals surface area contributed by atoms with Crippen LogP contribution in [0.4, 0.5) is 0 Å². The second-order valence-corrected chi connectivity index (χ2v) is 6.35. The highest BCUT2D eigenvalue weighted by Crippen LogP contribution is 2.31. The van der Waals surface area contributed by atoms with Gasteiger partial charge in [-0.25, -0.2) is 9.78 Å². The molecule has 1 aliphatic rings. The fraction of sp³-hybridized carbons (Fsp3) is 0.562. The number of aromatic nitrogens is 1. The highest BCUT2D eigenvalue weighted by molar-refractivity contribution is 6.32. The van der Waals surface area contributed by atoms with Crippen LogP contribution in [0.15, 0.2) is 12.3 Å². The Labute approximate surface area is 140 Å². The van der Waals surface area contributed by atoms with Crippen molar-refractivity contribution in [3.8, 4) is 5.88 Å². The summed E-state index contributed by atoms with van der Waals surface area (Å²) in [5.74, 6) is -0.882. The SMILES string of the molecule is CC[C@H](C)[C@H](NC(=O)c1cnc(OCC2CC2)c(Cl)c1)C(=O)O. The minimum Gasteiger partial charge on any atom is -0.480 e. The highest BCUT2D eigenvalue weighted by Gasteiger charge is 2.26. The van der Waals surface area contributed by atoms with Crippen LogP contribution >= 0.6 is 11.6 Å². The molecule has 6 nitrogen and oxygen atoms in total. The summed E-state index contributed by atoms with van der Waals surface area (Å²) in [6.07, 6.45) is 4.30. The van der Waals surface area contributed by atoms with E-state index >= 15 is 0 Å². The molecule has 0 bridgehead atoms. The lowest BCUT2D eigenvalue weighted by molar-refractivity contribution is -0.140. The zero-order chi connectivity index (χ0) is 17.0. The molecule has 0 radical (unpaired) electrons. The van der Waals surface area contributed by atoms with E-state index in [1.165, 1.54) is 12.3 Å². The van der Waals surface area contributed by atoms with Gasteiger partial charge in [-0.1, -0.05) is 31.9 Å². The molecule has 1 fully saturated rings. The molecule has 1 heterocycles. The number of amides is 1. The van der Waals surface area contributed by atoms with Crippen molar-refractivity contribution in [3.63, 3.8) is 0 Å². The summed E-state index contributed by atoms with van der Waals surface area (Å²) in [6, 6.07) is 0.499. The van der Waals surface area contributed by atoms with Crippen molar-refractivity contribution in [3.05, 3.63) is 22.8 Å². The molecule has 1 aliphatic carbocycles. The molecule has 7 heteroatoms. The maximum atomic E-state index is 12.2. The number of carboxylic acids is 1. The molecule has 1 aromatic heterocycles. The highest BCUT2D eigenvalue weighted by atomic mass is 35.5. The molecule has 0 saturated heterocycles. The molecule has 0 unspecified atom stereocenters. The average Bonchev–Trinajstić information content (AvgIpc) is 3.34. The molecule has 2 N–H and O–H groups in total. The van der Waals surface area contributed by atoms with Gasteiger partial charge in [0.05, 0.1) is 12.2 Å². The lowest BCUT2D eigenvalue weighted by atomic mass is 9.99. The predicted octanol–water partition coefficient (Wildman–Crippen LogP) is 2.75. The van der Waals surface area contributed by atoms with Crippen molar-refractivity contribution in [1.82, 2.24) is 10.3 Å². The van der Waals surface area contributed by atoms with E-state index in [1.807, 2.05) is 6.92 Å². The van der Waals surface area contributed by atoms with E-state index in [0.717, 1.165) is 12.8 Å². The number of hydrogen-bond acceptors (Lipinski definition) is 4. The standard InChI is InChI=1S/C16H21ClN2O4/c1-3-9(2)13(16(21)22)19-14(20)11-6-12(17)15(18-7-11)23-8-10-4-5-10/h6-7,9-10,13H,3-5,8H2,1-2H3,(H,19,20)(H,21,22)/t9-,13-/m0/s1. The quantitative estimate of drug-likeness (QED) is 0.759. The molecule has 0 aromatic carbocycles. The van der Waals surface area contributed by atoms with Crippen molar-refractivity contribution < 1.29 is 19.4 Å². The molecular formula is C16H21ClN2O4. The summed E-state index contributed by atoms with van der Waals surface area (Å²) < 4.78 is 5.50. The Kier molecular flexibility index (Phi) is 5.82. The van der Waals surface area contributed by atoms with Gasteiger partial charge in [-0.2, -0.15) is 0 Å². The second-order valence-electron chi connectivity index (χ2n) is 5.94. The van der Waals surface area contributed by atoms with Crippen LogP contribution in [0.25, 0.3) is 0 Å². The predicted molar refractivity (Wildman–Crippen MR) is 85.8 cm³/mol. The maximum Gasteiger partial charge on any atom is 0.326 e. The van der Waals surface area contributed by atoms with E-state index in [0.29, 0.717) is 24.8 Å². The van der Waals surface area contributed by atoms with Crippen molar-refractivity contribution in [1.29, 1.82) is 0 Å². The second kappa shape index (κ2) is 7.64. The number of carboxylic acid groups (broad SMARTS) is 1. The fourth-order valence-electron chi connectivity index (χ4n) is 2.04. The first-order valence-corrected chi connectivity index (χ1v) is 8.12. The molecule has 2 rings (SSSR count). The van der Waals surface area contributed by atoms with Crippen LogP contribution in [-0.2, 0) is 4.79 Å². The normalized spacial score (nSPS) is 16.5. The Balaban J connectivity index is 2.03. The van der Waals surface area contributed by atoms with Gasteiger partial charge in [0.25, 0.3) is 5.91 Å². The molecular weight excluding hydrogens is 320 g/mol. The Morgan fingerprint density at radius 3 is 2.74 bits per heavy atom. The van der Waals surface area contributed by atoms with Gasteiger partial charge in [0, 0.05) is 6.20 Å². The maximum absolute atomic E-state index is 12.2. The van der Waals surface area contributed by atoms with Crippen molar-refractivity contribution in [2.75, 3.05) is 6.61 Å². The number of ether oxygens (including phenoxy) is 1. The summed E-state index contributed by atoms with van der Waals surface area (Å²) in [6.45, 7) is 4.23. The number of halogens is 1. The van der Waals surface area contributed by atoms with Gasteiger partial charge in [0.2, 0.25) is 5.88 Å². The third-order valence-corrected chi connectivity index (χ3v) is 4.26. The lowest BCUT2D eigenvalue weighted by Gasteiger charge is -2.20. The summed E-state index contributed by atoms with van der Waals surface area (Å²) in [5, 5.41) is 12.0. The van der Waals surface area contributed by atoms with Crippen LogP contribution in [0.2, 0.25) is 5.02 Å². The van der Waals surface area contributed by atoms with Crippen LogP contribution in [-0.4, -0.2) is 34.6 Å². The molecule has 23 heavy (non-hydrogen) atoms. The van der Waals surface area contributed by atoms with E-state index in [1.54, 1.807) is 6.92 Å². The molecule has 126 valence electrons. The zero-order valence-electron chi connectivity index (χ0n) is 13.2. The summed E-state index contributed by atoms with van der Waals surface area (Å²) in [5.41, 5.74) is 0.211. The third kappa shape index (κ3) is 4.82. The molecule has 1 amide bonds. The Morgan fingerprint density at radius 1 is 1.52 bits per heavy atom. The van der Waals surface area contributed by atoms with E-state index in [-0.39, 0.29) is 16.5 Å². The average molecular weight is 341 g/mol. The fourth-order valence-corrected chi connectivity index (χ4v) is 2.27. The van der Waals surface area contributed by atoms with Crippen molar-refractivity contribution >= 4 is 23.5 Å². The number of pyridine rings is 1. The van der Waals surface area contributed by atoms with Crippen LogP contribution in [0.1, 0.15) is 43.5 Å². The molecule has 0 aliphatic heterocycles. The van der Waals surface area contributed by atoms with Crippen LogP contribution in [0, 0.1) is 11.8 Å². The number of carbonyl (C=O) groups is 2. The number of rotatable bonds is 8. The van der Waals surface area contributed by atoms with Gasteiger partial charge in [0.1, 0.15) is 11.1 Å². The molecule has 1 saturated carbocycles. The summed E-state index contributed by atoms with van der Waals surface area (Å²) in [7, 11) is 0. The monoisotopic (exact) mass is 340 g/mol. The van der Waals surface area contributed by atoms with E-state index < -0.39 is 17.9 Å². The number of nitrogens with one attached hydrogen (secondary N) is 1. The van der Waals surface area contributed by atoms with E-state index in [2.05, 4.69) is 10.3 Å². The zero-order valence-corrected chi connectivity index (χ0v) is 14.0. The van der Waals surface area contributed by atoms with Gasteiger partial charge in [-0.3, -0.25) is 4.79 Å². The Hall–Kier alpha value is -1.82. The van der Waals surface area contributed by atoms with Crippen LogP contribution in [0.3, 0.4) is 0 Å². The Morgan fingerprint density at radius 2 is 2.22 bits per heavy atom. The Bertz CT molecular complexity index is 589. The number of carbonyl (C=O) groups excluding carboxylic acids is 1. The minimum atomic E-state index is -1.06. The summed E-state index contributed by atoms with van der Waals surface area (Å²) in [4.78, 5) is 27.5. The largest absolute Gasteiger partial charge is 0.480 e. The number of aliphatic carboxylic acids is 1. The van der Waals surface area contributed by atoms with E-state index in [4.69, 9.17) is 16.3 Å². The number of hydrogen-bond donors (Lipinski definition) is 2. The first-order valence-electron chi connectivity index (χ1n) is 7.74. The van der Waals surface area contributed by atoms with Gasteiger partial charge < -0.3 is 15.2 Å². The number of nitrogens with zero attached hydrogens (tertiary/aromatic N) is 1. The smallest absolute Gasteiger partial charge is 0.326 e. The van der Waals surface area contributed by atoms with Crippen molar-refractivity contribution in [2.45, 2.75) is 39.2 Å². The first kappa shape index (κ1) is 17.5. The van der Waals surface area contributed by atoms with Gasteiger partial charge in [0.15, 0.2) is 0 Å². The van der Waals surface area contributed by atoms with Crippen molar-refractivity contribution in [2.24, 2.45) is 11.8 Å². The first-order chi connectivity index (χ1) is 10.9. The lowest BCUT2D eigenvalue weighted by Crippen LogP contribution is -2.45. The third-order valence-electron chi connectivity index (χ3n) is 3.99. The van der Waals surface area contributed by atoms with Gasteiger partial charge in [-0.15, -0.1) is 0 Å². The van der Waals surface area contributed by atoms with Crippen LogP contribution in [0.5, 0.6) is 5.88 Å².